The Labute approximate surface area is 142 Å². The molecule has 2 N–H and O–H groups in total. The summed E-state index contributed by atoms with van der Waals surface area (Å²) in [4.78, 5) is 48.7. The predicted molar refractivity (Wildman–Crippen MR) is 85.6 cm³/mol. The van der Waals surface area contributed by atoms with Crippen LogP contribution in [0.4, 0.5) is 15.3 Å². The van der Waals surface area contributed by atoms with E-state index in [1.54, 1.807) is 0 Å². The summed E-state index contributed by atoms with van der Waals surface area (Å²) in [6.07, 6.45) is 0. The Morgan fingerprint density at radius 3 is 2.52 bits per heavy atom. The van der Waals surface area contributed by atoms with Crippen molar-refractivity contribution in [2.24, 2.45) is 0 Å². The zero-order chi connectivity index (χ0) is 18.9. The minimum Gasteiger partial charge on any atom is -0.478 e. The van der Waals surface area contributed by atoms with Crippen molar-refractivity contribution in [3.05, 3.63) is 51.2 Å². The number of imide groups is 1. The number of nitrogens with zero attached hydrogens (tertiary/aromatic N) is 3. The van der Waals surface area contributed by atoms with Gasteiger partial charge in [0.25, 0.3) is 5.69 Å². The second-order valence-electron chi connectivity index (χ2n) is 5.58. The van der Waals surface area contributed by atoms with E-state index in [9.17, 15) is 29.6 Å². The standard InChI is InChI=1S/C15H16N4O6/c1-8-11(13(20)21)12(9-5-4-6-10(7-9)19(24)25)18(14(22)16-8)15(23)17(2)3/h4-7,12H,1-3H3,(H,16,22)(H,20,21). The molecule has 0 saturated heterocycles. The molecule has 0 aromatic heterocycles. The molecule has 1 aliphatic heterocycles. The van der Waals surface area contributed by atoms with Gasteiger partial charge < -0.3 is 15.3 Å². The highest BCUT2D eigenvalue weighted by Gasteiger charge is 2.42. The summed E-state index contributed by atoms with van der Waals surface area (Å²) in [6.45, 7) is 1.39. The van der Waals surface area contributed by atoms with E-state index in [1.807, 2.05) is 0 Å². The van der Waals surface area contributed by atoms with Gasteiger partial charge in [0.05, 0.1) is 10.5 Å². The van der Waals surface area contributed by atoms with Crippen LogP contribution in [0.15, 0.2) is 35.5 Å². The molecule has 1 atom stereocenters. The highest BCUT2D eigenvalue weighted by Crippen LogP contribution is 2.35. The number of amides is 4. The summed E-state index contributed by atoms with van der Waals surface area (Å²) in [6, 6.07) is 2.34. The van der Waals surface area contributed by atoms with E-state index < -0.39 is 29.0 Å². The Balaban J connectivity index is 2.70. The van der Waals surface area contributed by atoms with Gasteiger partial charge in [0.1, 0.15) is 6.04 Å². The van der Waals surface area contributed by atoms with Gasteiger partial charge in [0.2, 0.25) is 0 Å². The van der Waals surface area contributed by atoms with Gasteiger partial charge in [-0.05, 0) is 12.5 Å². The molecule has 2 rings (SSSR count). The maximum Gasteiger partial charge on any atom is 0.335 e. The lowest BCUT2D eigenvalue weighted by Crippen LogP contribution is -2.53. The minimum absolute atomic E-state index is 0.0665. The van der Waals surface area contributed by atoms with Crippen LogP contribution < -0.4 is 5.32 Å². The van der Waals surface area contributed by atoms with E-state index in [-0.39, 0.29) is 22.5 Å². The van der Waals surface area contributed by atoms with E-state index in [0.717, 1.165) is 15.9 Å². The van der Waals surface area contributed by atoms with E-state index in [0.29, 0.717) is 0 Å². The van der Waals surface area contributed by atoms with Crippen LogP contribution in [-0.2, 0) is 4.79 Å². The van der Waals surface area contributed by atoms with Crippen LogP contribution in [0.5, 0.6) is 0 Å². The van der Waals surface area contributed by atoms with Crippen molar-refractivity contribution in [3.8, 4) is 0 Å². The van der Waals surface area contributed by atoms with Crippen molar-refractivity contribution < 1.29 is 24.4 Å². The number of aliphatic carboxylic acids is 1. The first-order valence-electron chi connectivity index (χ1n) is 7.15. The summed E-state index contributed by atoms with van der Waals surface area (Å²) in [5.74, 6) is -1.34. The maximum absolute atomic E-state index is 12.4. The van der Waals surface area contributed by atoms with Crippen molar-refractivity contribution in [2.45, 2.75) is 13.0 Å². The number of urea groups is 2. The van der Waals surface area contributed by atoms with E-state index in [4.69, 9.17) is 0 Å². The van der Waals surface area contributed by atoms with Gasteiger partial charge in [-0.15, -0.1) is 0 Å². The zero-order valence-electron chi connectivity index (χ0n) is 13.7. The second-order valence-corrected chi connectivity index (χ2v) is 5.58. The first kappa shape index (κ1) is 17.9. The lowest BCUT2D eigenvalue weighted by Gasteiger charge is -2.36. The predicted octanol–water partition coefficient (Wildman–Crippen LogP) is 1.70. The highest BCUT2D eigenvalue weighted by atomic mass is 16.6. The number of carbonyl (C=O) groups is 3. The molecule has 10 heteroatoms. The normalized spacial score (nSPS) is 17.2. The molecule has 10 nitrogen and oxygen atoms in total. The largest absolute Gasteiger partial charge is 0.478 e. The zero-order valence-corrected chi connectivity index (χ0v) is 13.7. The lowest BCUT2D eigenvalue weighted by molar-refractivity contribution is -0.384. The fourth-order valence-corrected chi connectivity index (χ4v) is 2.55. The van der Waals surface area contributed by atoms with Gasteiger partial charge in [-0.25, -0.2) is 19.3 Å². The quantitative estimate of drug-likeness (QED) is 0.631. The molecule has 0 aliphatic carbocycles. The Kier molecular flexibility index (Phi) is 4.72. The average molecular weight is 348 g/mol. The molecule has 1 aliphatic rings. The summed E-state index contributed by atoms with van der Waals surface area (Å²) in [7, 11) is 2.82. The minimum atomic E-state index is -1.34. The van der Waals surface area contributed by atoms with Crippen LogP contribution in [0, 0.1) is 10.1 Å². The maximum atomic E-state index is 12.4. The highest BCUT2D eigenvalue weighted by molar-refractivity contribution is 6.01. The number of nitro groups is 1. The van der Waals surface area contributed by atoms with Gasteiger partial charge in [0, 0.05) is 31.9 Å². The molecular weight excluding hydrogens is 332 g/mol. The van der Waals surface area contributed by atoms with Crippen LogP contribution in [0.2, 0.25) is 0 Å². The number of carboxylic acid groups (broad SMARTS) is 1. The summed E-state index contributed by atoms with van der Waals surface area (Å²) >= 11 is 0. The van der Waals surface area contributed by atoms with Crippen LogP contribution >= 0.6 is 0 Å². The van der Waals surface area contributed by atoms with Gasteiger partial charge in [0.15, 0.2) is 0 Å². The number of non-ortho nitro benzene ring substituents is 1. The van der Waals surface area contributed by atoms with Crippen molar-refractivity contribution >= 4 is 23.7 Å². The Morgan fingerprint density at radius 2 is 2.00 bits per heavy atom. The molecule has 1 heterocycles. The molecule has 0 saturated carbocycles. The fourth-order valence-electron chi connectivity index (χ4n) is 2.55. The monoisotopic (exact) mass is 348 g/mol. The molecule has 0 spiro atoms. The third kappa shape index (κ3) is 3.27. The summed E-state index contributed by atoms with van der Waals surface area (Å²) in [5.41, 5.74) is -0.300. The molecule has 1 aromatic rings. The number of nitro benzene ring substituents is 1. The second kappa shape index (κ2) is 6.59. The summed E-state index contributed by atoms with van der Waals surface area (Å²) < 4.78 is 0. The van der Waals surface area contributed by atoms with Crippen LogP contribution in [0.1, 0.15) is 18.5 Å². The molecule has 0 fully saturated rings. The smallest absolute Gasteiger partial charge is 0.335 e. The van der Waals surface area contributed by atoms with Crippen LogP contribution in [0.25, 0.3) is 0 Å². The SMILES string of the molecule is CC1=C(C(=O)O)C(c2cccc([N+](=O)[O-])c2)N(C(=O)N(C)C)C(=O)N1. The van der Waals surface area contributed by atoms with Crippen molar-refractivity contribution in [1.29, 1.82) is 0 Å². The van der Waals surface area contributed by atoms with Crippen molar-refractivity contribution in [3.63, 3.8) is 0 Å². The molecule has 132 valence electrons. The first-order chi connectivity index (χ1) is 11.6. The molecular formula is C15H16N4O6. The third-order valence-corrected chi connectivity index (χ3v) is 3.66. The lowest BCUT2D eigenvalue weighted by atomic mass is 9.93. The van der Waals surface area contributed by atoms with Crippen molar-refractivity contribution in [2.75, 3.05) is 14.1 Å². The molecule has 4 amide bonds. The Bertz CT molecular complexity index is 801. The number of hydrogen-bond donors (Lipinski definition) is 2. The van der Waals surface area contributed by atoms with E-state index >= 15 is 0 Å². The van der Waals surface area contributed by atoms with Gasteiger partial charge in [-0.3, -0.25) is 10.1 Å². The van der Waals surface area contributed by atoms with Gasteiger partial charge in [-0.2, -0.15) is 0 Å². The molecule has 1 unspecified atom stereocenters. The number of allylic oxidation sites excluding steroid dienone is 1. The Morgan fingerprint density at radius 1 is 1.36 bits per heavy atom. The number of hydrogen-bond acceptors (Lipinski definition) is 5. The van der Waals surface area contributed by atoms with Crippen molar-refractivity contribution in [1.82, 2.24) is 15.1 Å². The van der Waals surface area contributed by atoms with Crippen LogP contribution in [0.3, 0.4) is 0 Å². The fraction of sp³-hybridized carbons (Fsp3) is 0.267. The first-order valence-corrected chi connectivity index (χ1v) is 7.15. The average Bonchev–Trinajstić information content (AvgIpc) is 2.53. The number of nitrogens with one attached hydrogen (secondary N) is 1. The number of carbonyl (C=O) groups excluding carboxylic acids is 2. The van der Waals surface area contributed by atoms with E-state index in [2.05, 4.69) is 5.32 Å². The van der Waals surface area contributed by atoms with Gasteiger partial charge in [-0.1, -0.05) is 12.1 Å². The third-order valence-electron chi connectivity index (χ3n) is 3.66. The number of rotatable bonds is 3. The number of benzene rings is 1. The topological polar surface area (TPSA) is 133 Å². The Hall–Kier alpha value is -3.43. The van der Waals surface area contributed by atoms with Gasteiger partial charge >= 0.3 is 18.0 Å². The summed E-state index contributed by atoms with van der Waals surface area (Å²) in [5, 5.41) is 22.9. The molecule has 0 bridgehead atoms. The molecule has 0 radical (unpaired) electrons. The molecule has 25 heavy (non-hydrogen) atoms. The molecule has 1 aromatic carbocycles. The van der Waals surface area contributed by atoms with E-state index in [1.165, 1.54) is 39.2 Å². The van der Waals surface area contributed by atoms with Crippen LogP contribution in [-0.4, -0.2) is 52.0 Å². The number of carboxylic acids is 1.